The van der Waals surface area contributed by atoms with Crippen molar-refractivity contribution in [2.75, 3.05) is 19.8 Å². The van der Waals surface area contributed by atoms with E-state index in [0.717, 1.165) is 31.9 Å². The van der Waals surface area contributed by atoms with Gasteiger partial charge in [0.1, 0.15) is 0 Å². The SMILES string of the molecule is CCOCCCNCc1cc([N+](=O)[O-])nn1C. The second-order valence-corrected chi connectivity index (χ2v) is 3.60. The first-order chi connectivity index (χ1) is 8.15. The minimum Gasteiger partial charge on any atom is -0.382 e. The molecule has 0 spiro atoms. The number of nitro groups is 1. The highest BCUT2D eigenvalue weighted by atomic mass is 16.6. The van der Waals surface area contributed by atoms with Gasteiger partial charge < -0.3 is 20.2 Å². The van der Waals surface area contributed by atoms with Crippen molar-refractivity contribution in [1.82, 2.24) is 15.1 Å². The van der Waals surface area contributed by atoms with Crippen molar-refractivity contribution in [3.63, 3.8) is 0 Å². The van der Waals surface area contributed by atoms with Gasteiger partial charge in [0, 0.05) is 19.8 Å². The minimum absolute atomic E-state index is 0.112. The average Bonchev–Trinajstić information content (AvgIpc) is 2.65. The van der Waals surface area contributed by atoms with Crippen LogP contribution >= 0.6 is 0 Å². The molecule has 1 rings (SSSR count). The van der Waals surface area contributed by atoms with E-state index in [1.807, 2.05) is 6.92 Å². The van der Waals surface area contributed by atoms with E-state index in [-0.39, 0.29) is 5.82 Å². The van der Waals surface area contributed by atoms with Crippen molar-refractivity contribution < 1.29 is 9.66 Å². The molecule has 7 nitrogen and oxygen atoms in total. The molecule has 0 aliphatic rings. The number of hydrogen-bond donors (Lipinski definition) is 1. The zero-order valence-corrected chi connectivity index (χ0v) is 10.2. The van der Waals surface area contributed by atoms with E-state index in [2.05, 4.69) is 10.4 Å². The molecule has 0 fully saturated rings. The van der Waals surface area contributed by atoms with Crippen molar-refractivity contribution in [3.05, 3.63) is 21.9 Å². The van der Waals surface area contributed by atoms with E-state index < -0.39 is 4.92 Å². The van der Waals surface area contributed by atoms with Crippen LogP contribution in [0.15, 0.2) is 6.07 Å². The molecule has 0 saturated carbocycles. The maximum Gasteiger partial charge on any atom is 0.390 e. The molecular weight excluding hydrogens is 224 g/mol. The maximum absolute atomic E-state index is 10.5. The van der Waals surface area contributed by atoms with Gasteiger partial charge in [-0.05, 0) is 24.8 Å². The van der Waals surface area contributed by atoms with Crippen molar-refractivity contribution in [2.24, 2.45) is 7.05 Å². The molecule has 1 N–H and O–H groups in total. The molecule has 0 aromatic carbocycles. The number of aryl methyl sites for hydroxylation is 1. The summed E-state index contributed by atoms with van der Waals surface area (Å²) in [5.74, 6) is -0.112. The molecule has 0 unspecified atom stereocenters. The normalized spacial score (nSPS) is 10.7. The Hall–Kier alpha value is -1.47. The number of nitrogens with zero attached hydrogens (tertiary/aromatic N) is 3. The van der Waals surface area contributed by atoms with Gasteiger partial charge >= 0.3 is 5.82 Å². The van der Waals surface area contributed by atoms with E-state index in [4.69, 9.17) is 4.74 Å². The first-order valence-corrected chi connectivity index (χ1v) is 5.61. The number of nitrogens with one attached hydrogen (secondary N) is 1. The summed E-state index contributed by atoms with van der Waals surface area (Å²) in [6.07, 6.45) is 0.924. The summed E-state index contributed by atoms with van der Waals surface area (Å²) in [6.45, 7) is 4.81. The molecule has 0 atom stereocenters. The number of ether oxygens (including phenoxy) is 1. The van der Waals surface area contributed by atoms with Crippen LogP contribution in [0.5, 0.6) is 0 Å². The molecule has 1 aromatic heterocycles. The number of hydrogen-bond acceptors (Lipinski definition) is 5. The minimum atomic E-state index is -0.488. The summed E-state index contributed by atoms with van der Waals surface area (Å²) in [5.41, 5.74) is 0.799. The van der Waals surface area contributed by atoms with Crippen LogP contribution in [0.2, 0.25) is 0 Å². The Balaban J connectivity index is 2.29. The van der Waals surface area contributed by atoms with Crippen LogP contribution in [0.3, 0.4) is 0 Å². The van der Waals surface area contributed by atoms with Gasteiger partial charge in [-0.1, -0.05) is 0 Å². The molecule has 1 heterocycles. The topological polar surface area (TPSA) is 82.2 Å². The third kappa shape index (κ3) is 4.49. The summed E-state index contributed by atoms with van der Waals surface area (Å²) >= 11 is 0. The number of rotatable bonds is 8. The Morgan fingerprint density at radius 2 is 2.41 bits per heavy atom. The van der Waals surface area contributed by atoms with Crippen LogP contribution in [0.4, 0.5) is 5.82 Å². The predicted molar refractivity (Wildman–Crippen MR) is 62.7 cm³/mol. The van der Waals surface area contributed by atoms with Crippen molar-refractivity contribution in [3.8, 4) is 0 Å². The first-order valence-electron chi connectivity index (χ1n) is 5.61. The summed E-state index contributed by atoms with van der Waals surface area (Å²) in [5, 5.41) is 17.5. The number of aromatic nitrogens is 2. The van der Waals surface area contributed by atoms with Crippen LogP contribution in [-0.4, -0.2) is 34.5 Å². The molecule has 0 saturated heterocycles. The molecule has 0 aliphatic heterocycles. The van der Waals surface area contributed by atoms with Gasteiger partial charge in [-0.2, -0.15) is 4.68 Å². The average molecular weight is 242 g/mol. The molecule has 1 aromatic rings. The van der Waals surface area contributed by atoms with Crippen LogP contribution in [0, 0.1) is 10.1 Å². The molecule has 7 heteroatoms. The van der Waals surface area contributed by atoms with E-state index in [9.17, 15) is 10.1 Å². The fourth-order valence-electron chi connectivity index (χ4n) is 1.40. The van der Waals surface area contributed by atoms with Gasteiger partial charge in [0.15, 0.2) is 0 Å². The molecular formula is C10H18N4O3. The highest BCUT2D eigenvalue weighted by Crippen LogP contribution is 2.10. The van der Waals surface area contributed by atoms with E-state index in [1.54, 1.807) is 7.05 Å². The monoisotopic (exact) mass is 242 g/mol. The quantitative estimate of drug-likeness (QED) is 0.415. The lowest BCUT2D eigenvalue weighted by Gasteiger charge is -2.03. The van der Waals surface area contributed by atoms with Crippen molar-refractivity contribution >= 4 is 5.82 Å². The smallest absolute Gasteiger partial charge is 0.382 e. The fourth-order valence-corrected chi connectivity index (χ4v) is 1.40. The van der Waals surface area contributed by atoms with Gasteiger partial charge in [-0.25, -0.2) is 0 Å². The first kappa shape index (κ1) is 13.6. The second-order valence-electron chi connectivity index (χ2n) is 3.60. The second kappa shape index (κ2) is 6.97. The van der Waals surface area contributed by atoms with Gasteiger partial charge in [0.2, 0.25) is 0 Å². The lowest BCUT2D eigenvalue weighted by molar-refractivity contribution is -0.389. The zero-order chi connectivity index (χ0) is 12.7. The van der Waals surface area contributed by atoms with Crippen LogP contribution in [0.1, 0.15) is 19.0 Å². The molecule has 96 valence electrons. The largest absolute Gasteiger partial charge is 0.390 e. The summed E-state index contributed by atoms with van der Waals surface area (Å²) in [4.78, 5) is 10.0. The molecule has 0 bridgehead atoms. The summed E-state index contributed by atoms with van der Waals surface area (Å²) < 4.78 is 6.72. The lowest BCUT2D eigenvalue weighted by Crippen LogP contribution is -2.18. The third-order valence-electron chi connectivity index (χ3n) is 2.30. The van der Waals surface area contributed by atoms with E-state index in [1.165, 1.54) is 10.7 Å². The standard InChI is InChI=1S/C10H18N4O3/c1-3-17-6-4-5-11-8-9-7-10(14(15)16)12-13(9)2/h7,11H,3-6,8H2,1-2H3. The highest BCUT2D eigenvalue weighted by molar-refractivity contribution is 5.21. The molecule has 17 heavy (non-hydrogen) atoms. The maximum atomic E-state index is 10.5. The Kier molecular flexibility index (Phi) is 5.58. The highest BCUT2D eigenvalue weighted by Gasteiger charge is 2.14. The lowest BCUT2D eigenvalue weighted by atomic mass is 10.4. The van der Waals surface area contributed by atoms with Crippen LogP contribution in [0.25, 0.3) is 0 Å². The molecule has 0 aliphatic carbocycles. The van der Waals surface area contributed by atoms with Crippen molar-refractivity contribution in [1.29, 1.82) is 0 Å². The van der Waals surface area contributed by atoms with Gasteiger partial charge in [-0.3, -0.25) is 0 Å². The molecule has 0 amide bonds. The zero-order valence-electron chi connectivity index (χ0n) is 10.2. The van der Waals surface area contributed by atoms with Crippen molar-refractivity contribution in [2.45, 2.75) is 19.9 Å². The van der Waals surface area contributed by atoms with Crippen LogP contribution in [-0.2, 0) is 18.3 Å². The Labute approximate surface area is 99.9 Å². The van der Waals surface area contributed by atoms with E-state index >= 15 is 0 Å². The summed E-state index contributed by atoms with van der Waals surface area (Å²) in [6, 6.07) is 1.48. The van der Waals surface area contributed by atoms with Gasteiger partial charge in [-0.15, -0.1) is 0 Å². The Bertz CT molecular complexity index is 364. The Morgan fingerprint density at radius 3 is 3.00 bits per heavy atom. The summed E-state index contributed by atoms with van der Waals surface area (Å²) in [7, 11) is 1.70. The Morgan fingerprint density at radius 1 is 1.65 bits per heavy atom. The van der Waals surface area contributed by atoms with Crippen LogP contribution < -0.4 is 5.32 Å². The van der Waals surface area contributed by atoms with E-state index in [0.29, 0.717) is 6.54 Å². The molecule has 0 radical (unpaired) electrons. The van der Waals surface area contributed by atoms with Gasteiger partial charge in [0.25, 0.3) is 0 Å². The van der Waals surface area contributed by atoms with Gasteiger partial charge in [0.05, 0.1) is 23.9 Å². The predicted octanol–water partition coefficient (Wildman–Crippen LogP) is 0.844. The third-order valence-corrected chi connectivity index (χ3v) is 2.30. The fraction of sp³-hybridized carbons (Fsp3) is 0.700.